The minimum absolute atomic E-state index is 0.0538. The molecule has 0 nitrogen and oxygen atoms in total. The molecule has 0 aliphatic carbocycles. The third kappa shape index (κ3) is 1.36. The summed E-state index contributed by atoms with van der Waals surface area (Å²) >= 11 is 0.0538. The maximum atomic E-state index is 2.37. The van der Waals surface area contributed by atoms with Crippen molar-refractivity contribution < 1.29 is 0 Å². The summed E-state index contributed by atoms with van der Waals surface area (Å²) in [4.78, 5) is 0. The Morgan fingerprint density at radius 1 is 1.27 bits per heavy atom. The summed E-state index contributed by atoms with van der Waals surface area (Å²) in [6, 6.07) is 9.12. The van der Waals surface area contributed by atoms with Gasteiger partial charge in [0.25, 0.3) is 0 Å². The van der Waals surface area contributed by atoms with Crippen LogP contribution in [-0.2, 0) is 6.42 Å². The third-order valence-corrected chi connectivity index (χ3v) is 4.44. The van der Waals surface area contributed by atoms with Crippen LogP contribution < -0.4 is 0 Å². The summed E-state index contributed by atoms with van der Waals surface area (Å²) in [5, 5.41) is 1.46. The molecule has 2 rings (SSSR count). The summed E-state index contributed by atoms with van der Waals surface area (Å²) in [7, 11) is 0. The summed E-state index contributed by atoms with van der Waals surface area (Å²) in [5.41, 5.74) is 1.48. The molecule has 0 saturated carbocycles. The van der Waals surface area contributed by atoms with Gasteiger partial charge < -0.3 is 0 Å². The second-order valence-corrected chi connectivity index (χ2v) is 5.35. The molecule has 0 fully saturated rings. The molecule has 56 valence electrons. The van der Waals surface area contributed by atoms with E-state index in [1.165, 1.54) is 17.4 Å². The third-order valence-electron chi connectivity index (χ3n) is 1.93. The van der Waals surface area contributed by atoms with Crippen LogP contribution in [0.3, 0.4) is 0 Å². The van der Waals surface area contributed by atoms with Crippen LogP contribution >= 0.6 is 0 Å². The van der Waals surface area contributed by atoms with Crippen molar-refractivity contribution in [1.82, 2.24) is 0 Å². The van der Waals surface area contributed by atoms with Gasteiger partial charge in [0.2, 0.25) is 0 Å². The molecule has 0 aliphatic heterocycles. The number of rotatable bonds is 1. The molecule has 0 saturated heterocycles. The van der Waals surface area contributed by atoms with Crippen molar-refractivity contribution in [1.29, 1.82) is 0 Å². The molecule has 0 aliphatic rings. The first-order chi connectivity index (χ1) is 5.40. The zero-order valence-corrected chi connectivity index (χ0v) is 8.83. The summed E-state index contributed by atoms with van der Waals surface area (Å²) in [6.45, 7) is 2.21. The van der Waals surface area contributed by atoms with E-state index in [0.717, 1.165) is 0 Å². The van der Waals surface area contributed by atoms with Gasteiger partial charge >= 0.3 is 76.5 Å². The first kappa shape index (κ1) is 7.40. The Hall–Kier alpha value is -0.250. The monoisotopic (exact) mass is 260 g/mol. The topological polar surface area (TPSA) is 0 Å². The molecule has 0 unspecified atom stereocenters. The normalized spacial score (nSPS) is 10.6. The van der Waals surface area contributed by atoms with Gasteiger partial charge in [0.05, 0.1) is 0 Å². The molecule has 0 radical (unpaired) electrons. The first-order valence-electron chi connectivity index (χ1n) is 3.86. The number of aryl methyl sites for hydroxylation is 1. The zero-order valence-electron chi connectivity index (χ0n) is 6.50. The van der Waals surface area contributed by atoms with Crippen molar-refractivity contribution in [2.75, 3.05) is 0 Å². The van der Waals surface area contributed by atoms with Crippen molar-refractivity contribution in [3.05, 3.63) is 33.9 Å². The van der Waals surface area contributed by atoms with E-state index in [0.29, 0.717) is 0 Å². The molecule has 1 heterocycles. The van der Waals surface area contributed by atoms with Crippen molar-refractivity contribution in [3.8, 4) is 0 Å². The quantitative estimate of drug-likeness (QED) is 0.689. The van der Waals surface area contributed by atoms with Crippen molar-refractivity contribution in [2.24, 2.45) is 0 Å². The maximum absolute atomic E-state index is 2.37. The Kier molecular flexibility index (Phi) is 2.02. The zero-order chi connectivity index (χ0) is 7.68. The molecule has 2 aromatic rings. The van der Waals surface area contributed by atoms with Gasteiger partial charge in [-0.3, -0.25) is 0 Å². The number of hydrogen-bond donors (Lipinski definition) is 0. The van der Waals surface area contributed by atoms with Crippen molar-refractivity contribution in [2.45, 2.75) is 13.3 Å². The molecule has 0 spiro atoms. The summed E-state index contributed by atoms with van der Waals surface area (Å²) < 4.78 is 3.98. The Morgan fingerprint density at radius 2 is 2.18 bits per heavy atom. The van der Waals surface area contributed by atoms with Gasteiger partial charge in [-0.1, -0.05) is 0 Å². The summed E-state index contributed by atoms with van der Waals surface area (Å²) in [5.74, 6) is 0. The van der Waals surface area contributed by atoms with Gasteiger partial charge in [-0.25, -0.2) is 0 Å². The molecular formula is C10H10Te. The van der Waals surface area contributed by atoms with Crippen molar-refractivity contribution in [3.63, 3.8) is 0 Å². The van der Waals surface area contributed by atoms with E-state index < -0.39 is 0 Å². The standard InChI is InChI=1S/C10H10Te/c1-2-8-3-4-9-5-6-11-10(9)7-8/h3-7H,2H2,1H3. The van der Waals surface area contributed by atoms with E-state index in [9.17, 15) is 0 Å². The van der Waals surface area contributed by atoms with Crippen LogP contribution in [0.2, 0.25) is 0 Å². The van der Waals surface area contributed by atoms with Gasteiger partial charge in [0.15, 0.2) is 0 Å². The predicted molar refractivity (Wildman–Crippen MR) is 50.3 cm³/mol. The fraction of sp³-hybridized carbons (Fsp3) is 0.200. The van der Waals surface area contributed by atoms with Crippen LogP contribution in [-0.4, -0.2) is 20.4 Å². The molecule has 0 bridgehead atoms. The minimum atomic E-state index is 0.0538. The van der Waals surface area contributed by atoms with Crippen LogP contribution in [0.5, 0.6) is 0 Å². The predicted octanol–water partition coefficient (Wildman–Crippen LogP) is 2.46. The van der Waals surface area contributed by atoms with Gasteiger partial charge in [-0.15, -0.1) is 0 Å². The molecule has 1 heteroatoms. The van der Waals surface area contributed by atoms with E-state index in [1.54, 1.807) is 3.40 Å². The molecule has 0 N–H and O–H groups in total. The van der Waals surface area contributed by atoms with Crippen LogP contribution in [0, 0.1) is 0 Å². The van der Waals surface area contributed by atoms with Gasteiger partial charge in [-0.05, 0) is 0 Å². The Balaban J connectivity index is 2.67. The number of hydrogen-bond acceptors (Lipinski definition) is 0. The van der Waals surface area contributed by atoms with Crippen molar-refractivity contribution >= 4 is 29.2 Å². The van der Waals surface area contributed by atoms with Crippen LogP contribution in [0.1, 0.15) is 12.5 Å². The molecule has 1 aromatic carbocycles. The van der Waals surface area contributed by atoms with Crippen LogP contribution in [0.15, 0.2) is 28.3 Å². The summed E-state index contributed by atoms with van der Waals surface area (Å²) in [6.07, 6.45) is 1.17. The fourth-order valence-electron chi connectivity index (χ4n) is 1.22. The average Bonchev–Trinajstić information content (AvgIpc) is 2.50. The van der Waals surface area contributed by atoms with E-state index in [1.807, 2.05) is 0 Å². The van der Waals surface area contributed by atoms with Gasteiger partial charge in [0.1, 0.15) is 0 Å². The SMILES string of the molecule is CCc1ccc2cc[te]c2c1. The average molecular weight is 258 g/mol. The molecule has 0 amide bonds. The van der Waals surface area contributed by atoms with E-state index in [-0.39, 0.29) is 20.4 Å². The fourth-order valence-corrected chi connectivity index (χ4v) is 3.65. The van der Waals surface area contributed by atoms with E-state index in [4.69, 9.17) is 0 Å². The van der Waals surface area contributed by atoms with E-state index >= 15 is 0 Å². The number of benzene rings is 1. The van der Waals surface area contributed by atoms with E-state index in [2.05, 4.69) is 35.3 Å². The van der Waals surface area contributed by atoms with Crippen LogP contribution in [0.4, 0.5) is 0 Å². The molecule has 1 aromatic heterocycles. The van der Waals surface area contributed by atoms with Crippen LogP contribution in [0.25, 0.3) is 8.79 Å². The Labute approximate surface area is 76.5 Å². The van der Waals surface area contributed by atoms with Gasteiger partial charge in [0, 0.05) is 0 Å². The first-order valence-corrected chi connectivity index (χ1v) is 6.37. The van der Waals surface area contributed by atoms with Gasteiger partial charge in [-0.2, -0.15) is 0 Å². The second-order valence-electron chi connectivity index (χ2n) is 2.65. The molecule has 0 atom stereocenters. The molecular weight excluding hydrogens is 248 g/mol. The second kappa shape index (κ2) is 3.01. The Morgan fingerprint density at radius 3 is 3.00 bits per heavy atom. The number of fused-ring (bicyclic) bond motifs is 1. The molecule has 11 heavy (non-hydrogen) atoms. The Bertz CT molecular complexity index is 360.